The molecule has 20 heavy (non-hydrogen) atoms. The van der Waals surface area contributed by atoms with Crippen molar-refractivity contribution in [1.82, 2.24) is 15.4 Å². The van der Waals surface area contributed by atoms with Gasteiger partial charge in [-0.3, -0.25) is 5.01 Å². The van der Waals surface area contributed by atoms with Crippen molar-refractivity contribution in [2.75, 3.05) is 28.3 Å². The van der Waals surface area contributed by atoms with E-state index in [2.05, 4.69) is 10.4 Å². The highest BCUT2D eigenvalue weighted by Gasteiger charge is 2.09. The molecule has 0 atom stereocenters. The van der Waals surface area contributed by atoms with Crippen LogP contribution in [0.1, 0.15) is 5.01 Å². The number of thiazole rings is 1. The first-order valence-electron chi connectivity index (χ1n) is 6.22. The summed E-state index contributed by atoms with van der Waals surface area (Å²) in [6.07, 6.45) is 1.89. The second-order valence-corrected chi connectivity index (χ2v) is 5.53. The van der Waals surface area contributed by atoms with Gasteiger partial charge in [-0.05, 0) is 23.8 Å². The molecule has 2 rings (SSSR count). The number of nitrogens with zero attached hydrogens (tertiary/aromatic N) is 2. The molecule has 0 bridgehead atoms. The van der Waals surface area contributed by atoms with E-state index in [1.165, 1.54) is 0 Å². The van der Waals surface area contributed by atoms with E-state index in [1.807, 2.05) is 43.5 Å². The van der Waals surface area contributed by atoms with Gasteiger partial charge in [-0.1, -0.05) is 0 Å². The van der Waals surface area contributed by atoms with E-state index in [-0.39, 0.29) is 0 Å². The summed E-state index contributed by atoms with van der Waals surface area (Å²) in [5, 5.41) is 2.96. The van der Waals surface area contributed by atoms with Gasteiger partial charge in [-0.2, -0.15) is 0 Å². The highest BCUT2D eigenvalue weighted by molar-refractivity contribution is 7.15. The summed E-state index contributed by atoms with van der Waals surface area (Å²) in [6.45, 7) is 0.727. The number of hydrogen-bond acceptors (Lipinski definition) is 6. The van der Waals surface area contributed by atoms with Crippen molar-refractivity contribution in [2.45, 2.75) is 6.54 Å². The Morgan fingerprint density at radius 1 is 1.20 bits per heavy atom. The Kier molecular flexibility index (Phi) is 4.94. The summed E-state index contributed by atoms with van der Waals surface area (Å²) in [6, 6.07) is 5.89. The third-order valence-corrected chi connectivity index (χ3v) is 3.81. The number of aromatic nitrogens is 1. The Labute approximate surface area is 123 Å². The molecule has 1 aromatic carbocycles. The van der Waals surface area contributed by atoms with E-state index in [4.69, 9.17) is 9.47 Å². The lowest BCUT2D eigenvalue weighted by Crippen LogP contribution is -2.29. The van der Waals surface area contributed by atoms with E-state index in [9.17, 15) is 0 Å². The van der Waals surface area contributed by atoms with Crippen LogP contribution >= 0.6 is 11.3 Å². The zero-order valence-electron chi connectivity index (χ0n) is 12.1. The molecule has 0 aliphatic carbocycles. The average molecular weight is 293 g/mol. The van der Waals surface area contributed by atoms with Crippen LogP contribution in [0.4, 0.5) is 0 Å². The second-order valence-electron chi connectivity index (χ2n) is 4.42. The molecule has 2 aromatic rings. The zero-order valence-corrected chi connectivity index (χ0v) is 13.0. The van der Waals surface area contributed by atoms with E-state index >= 15 is 0 Å². The van der Waals surface area contributed by atoms with Crippen molar-refractivity contribution in [3.05, 3.63) is 29.4 Å². The van der Waals surface area contributed by atoms with Gasteiger partial charge in [-0.15, -0.1) is 11.3 Å². The van der Waals surface area contributed by atoms with E-state index in [0.717, 1.165) is 33.5 Å². The van der Waals surface area contributed by atoms with Crippen LogP contribution in [-0.4, -0.2) is 38.3 Å². The molecular formula is C14H19N3O2S. The number of ether oxygens (including phenoxy) is 2. The van der Waals surface area contributed by atoms with E-state index in [1.54, 1.807) is 25.6 Å². The minimum atomic E-state index is 0.727. The Balaban J connectivity index is 2.19. The molecule has 0 spiro atoms. The molecule has 0 aliphatic heterocycles. The van der Waals surface area contributed by atoms with Gasteiger partial charge in [0.15, 0.2) is 11.5 Å². The first-order valence-corrected chi connectivity index (χ1v) is 7.03. The van der Waals surface area contributed by atoms with Gasteiger partial charge >= 0.3 is 0 Å². The molecule has 108 valence electrons. The third kappa shape index (κ3) is 3.47. The Morgan fingerprint density at radius 2 is 1.95 bits per heavy atom. The minimum Gasteiger partial charge on any atom is -0.493 e. The smallest absolute Gasteiger partial charge is 0.161 e. The fourth-order valence-electron chi connectivity index (χ4n) is 1.74. The molecule has 1 N–H and O–H groups in total. The maximum atomic E-state index is 5.32. The minimum absolute atomic E-state index is 0.727. The van der Waals surface area contributed by atoms with Crippen LogP contribution in [0.3, 0.4) is 0 Å². The van der Waals surface area contributed by atoms with Crippen LogP contribution < -0.4 is 14.9 Å². The largest absolute Gasteiger partial charge is 0.493 e. The van der Waals surface area contributed by atoms with Crippen molar-refractivity contribution in [2.24, 2.45) is 0 Å². The summed E-state index contributed by atoms with van der Waals surface area (Å²) >= 11 is 1.66. The van der Waals surface area contributed by atoms with Crippen LogP contribution in [0.2, 0.25) is 0 Å². The number of hydrazine groups is 1. The summed E-state index contributed by atoms with van der Waals surface area (Å²) in [5.74, 6) is 1.46. The standard InChI is InChI=1S/C14H19N3O2S/c1-17(2)16-9-14-15-8-13(20-14)10-5-6-11(18-3)12(7-10)19-4/h5-8,16H,9H2,1-4H3. The number of methoxy groups -OCH3 is 2. The Bertz CT molecular complexity index is 569. The molecule has 0 saturated carbocycles. The molecule has 0 unspecified atom stereocenters. The van der Waals surface area contributed by atoms with Crippen LogP contribution in [0.25, 0.3) is 10.4 Å². The molecule has 1 heterocycles. The molecule has 0 fully saturated rings. The first-order chi connectivity index (χ1) is 9.63. The summed E-state index contributed by atoms with van der Waals surface area (Å²) in [4.78, 5) is 5.53. The van der Waals surface area contributed by atoms with E-state index in [0.29, 0.717) is 0 Å². The maximum absolute atomic E-state index is 5.32. The highest BCUT2D eigenvalue weighted by Crippen LogP contribution is 2.34. The SMILES string of the molecule is COc1ccc(-c2cnc(CNN(C)C)s2)cc1OC. The third-order valence-electron chi connectivity index (χ3n) is 2.77. The van der Waals surface area contributed by atoms with Crippen LogP contribution in [-0.2, 0) is 6.54 Å². The lowest BCUT2D eigenvalue weighted by molar-refractivity contribution is 0.286. The summed E-state index contributed by atoms with van der Waals surface area (Å²) in [7, 11) is 7.20. The van der Waals surface area contributed by atoms with Gasteiger partial charge in [0, 0.05) is 20.3 Å². The van der Waals surface area contributed by atoms with Gasteiger partial charge in [0.25, 0.3) is 0 Å². The van der Waals surface area contributed by atoms with Gasteiger partial charge in [0.05, 0.1) is 25.6 Å². The topological polar surface area (TPSA) is 46.6 Å². The molecule has 0 saturated heterocycles. The Hall–Kier alpha value is -1.63. The quantitative estimate of drug-likeness (QED) is 0.829. The van der Waals surface area contributed by atoms with Gasteiger partial charge in [-0.25, -0.2) is 10.4 Å². The van der Waals surface area contributed by atoms with E-state index < -0.39 is 0 Å². The van der Waals surface area contributed by atoms with Gasteiger partial charge < -0.3 is 9.47 Å². The van der Waals surface area contributed by atoms with Crippen molar-refractivity contribution >= 4 is 11.3 Å². The van der Waals surface area contributed by atoms with Gasteiger partial charge in [0.1, 0.15) is 5.01 Å². The van der Waals surface area contributed by atoms with Crippen LogP contribution in [0.15, 0.2) is 24.4 Å². The van der Waals surface area contributed by atoms with Crippen LogP contribution in [0, 0.1) is 0 Å². The molecule has 6 heteroatoms. The van der Waals surface area contributed by atoms with Gasteiger partial charge in [0.2, 0.25) is 0 Å². The molecule has 0 aliphatic rings. The lowest BCUT2D eigenvalue weighted by Gasteiger charge is -2.09. The fourth-order valence-corrected chi connectivity index (χ4v) is 2.59. The molecule has 5 nitrogen and oxygen atoms in total. The average Bonchev–Trinajstić information content (AvgIpc) is 2.93. The molecule has 1 aromatic heterocycles. The molecule has 0 radical (unpaired) electrons. The van der Waals surface area contributed by atoms with Crippen LogP contribution in [0.5, 0.6) is 11.5 Å². The lowest BCUT2D eigenvalue weighted by atomic mass is 10.2. The Morgan fingerprint density at radius 3 is 2.60 bits per heavy atom. The monoisotopic (exact) mass is 293 g/mol. The number of rotatable bonds is 6. The zero-order chi connectivity index (χ0) is 14.5. The molecule has 0 amide bonds. The maximum Gasteiger partial charge on any atom is 0.161 e. The number of benzene rings is 1. The summed E-state index contributed by atoms with van der Waals surface area (Å²) in [5.41, 5.74) is 4.28. The summed E-state index contributed by atoms with van der Waals surface area (Å²) < 4.78 is 10.6. The number of nitrogens with one attached hydrogen (secondary N) is 1. The second kappa shape index (κ2) is 6.69. The van der Waals surface area contributed by atoms with Crippen molar-refractivity contribution in [3.63, 3.8) is 0 Å². The highest BCUT2D eigenvalue weighted by atomic mass is 32.1. The first kappa shape index (κ1) is 14.8. The molecular weight excluding hydrogens is 274 g/mol. The normalized spacial score (nSPS) is 10.8. The van der Waals surface area contributed by atoms with Crippen molar-refractivity contribution in [1.29, 1.82) is 0 Å². The fraction of sp³-hybridized carbons (Fsp3) is 0.357. The van der Waals surface area contributed by atoms with Crippen molar-refractivity contribution < 1.29 is 9.47 Å². The number of hydrogen-bond donors (Lipinski definition) is 1. The predicted molar refractivity (Wildman–Crippen MR) is 81.2 cm³/mol. The predicted octanol–water partition coefficient (Wildman–Crippen LogP) is 2.39. The van der Waals surface area contributed by atoms with Crippen molar-refractivity contribution in [3.8, 4) is 21.9 Å².